The predicted molar refractivity (Wildman–Crippen MR) is 64.1 cm³/mol. The summed E-state index contributed by atoms with van der Waals surface area (Å²) in [6, 6.07) is 7.35. The smallest absolute Gasteiger partial charge is 0.0992 e. The molecule has 0 aromatic heterocycles. The van der Waals surface area contributed by atoms with Gasteiger partial charge in [0.25, 0.3) is 0 Å². The largest absolute Gasteiger partial charge is 0.384 e. The van der Waals surface area contributed by atoms with E-state index in [0.717, 1.165) is 18.7 Å². The molecule has 0 radical (unpaired) electrons. The molecule has 2 nitrogen and oxygen atoms in total. The Labute approximate surface area is 95.9 Å². The molecular weight excluding hydrogens is 208 g/mol. The molecule has 0 aliphatic carbocycles. The molecule has 0 spiro atoms. The number of hydrogen-bond acceptors (Lipinski definition) is 2. The number of anilines is 1. The second kappa shape index (κ2) is 5.63. The molecule has 0 atom stereocenters. The fraction of sp³-hybridized carbons (Fsp3) is 0.417. The van der Waals surface area contributed by atoms with E-state index in [1.807, 2.05) is 6.07 Å². The van der Waals surface area contributed by atoms with E-state index in [0.29, 0.717) is 16.5 Å². The van der Waals surface area contributed by atoms with Crippen molar-refractivity contribution in [1.82, 2.24) is 0 Å². The molecule has 0 unspecified atom stereocenters. The average Bonchev–Trinajstić information content (AvgIpc) is 2.20. The molecule has 0 fully saturated rings. The third kappa shape index (κ3) is 3.81. The third-order valence-corrected chi connectivity index (χ3v) is 2.45. The monoisotopic (exact) mass is 222 g/mol. The third-order valence-electron chi connectivity index (χ3n) is 2.14. The maximum atomic E-state index is 8.67. The van der Waals surface area contributed by atoms with Crippen LogP contribution in [0.2, 0.25) is 5.02 Å². The Morgan fingerprint density at radius 3 is 2.73 bits per heavy atom. The SMILES string of the molecule is CC(C)CCNc1ccc(C#N)cc1Cl. The second-order valence-corrected chi connectivity index (χ2v) is 4.32. The van der Waals surface area contributed by atoms with Gasteiger partial charge in [-0.25, -0.2) is 0 Å². The molecule has 0 aliphatic heterocycles. The highest BCUT2D eigenvalue weighted by molar-refractivity contribution is 6.33. The molecule has 0 saturated carbocycles. The normalized spacial score (nSPS) is 10.1. The van der Waals surface area contributed by atoms with E-state index >= 15 is 0 Å². The Balaban J connectivity index is 2.59. The number of benzene rings is 1. The van der Waals surface area contributed by atoms with Gasteiger partial charge < -0.3 is 5.32 Å². The van der Waals surface area contributed by atoms with E-state index in [-0.39, 0.29) is 0 Å². The van der Waals surface area contributed by atoms with Crippen molar-refractivity contribution in [2.75, 3.05) is 11.9 Å². The van der Waals surface area contributed by atoms with Gasteiger partial charge >= 0.3 is 0 Å². The zero-order valence-corrected chi connectivity index (χ0v) is 9.80. The summed E-state index contributed by atoms with van der Waals surface area (Å²) < 4.78 is 0. The van der Waals surface area contributed by atoms with Crippen molar-refractivity contribution in [2.24, 2.45) is 5.92 Å². The predicted octanol–water partition coefficient (Wildman–Crippen LogP) is 3.67. The summed E-state index contributed by atoms with van der Waals surface area (Å²) in [6.45, 7) is 5.27. The number of nitrogens with one attached hydrogen (secondary N) is 1. The lowest BCUT2D eigenvalue weighted by atomic mass is 10.1. The number of hydrogen-bond donors (Lipinski definition) is 1. The van der Waals surface area contributed by atoms with Crippen molar-refractivity contribution in [3.8, 4) is 6.07 Å². The van der Waals surface area contributed by atoms with Crippen molar-refractivity contribution in [3.05, 3.63) is 28.8 Å². The Kier molecular flexibility index (Phi) is 4.45. The molecule has 0 amide bonds. The number of nitriles is 1. The van der Waals surface area contributed by atoms with Crippen LogP contribution in [0.25, 0.3) is 0 Å². The fourth-order valence-electron chi connectivity index (χ4n) is 1.22. The number of nitrogens with zero attached hydrogens (tertiary/aromatic N) is 1. The van der Waals surface area contributed by atoms with Crippen LogP contribution in [0.1, 0.15) is 25.8 Å². The summed E-state index contributed by atoms with van der Waals surface area (Å²) in [5, 5.41) is 12.5. The van der Waals surface area contributed by atoms with Crippen molar-refractivity contribution < 1.29 is 0 Å². The van der Waals surface area contributed by atoms with Crippen LogP contribution >= 0.6 is 11.6 Å². The highest BCUT2D eigenvalue weighted by Gasteiger charge is 2.01. The van der Waals surface area contributed by atoms with Crippen molar-refractivity contribution in [2.45, 2.75) is 20.3 Å². The van der Waals surface area contributed by atoms with Crippen LogP contribution in [0.5, 0.6) is 0 Å². The summed E-state index contributed by atoms with van der Waals surface area (Å²) in [5.41, 5.74) is 1.49. The first-order valence-corrected chi connectivity index (χ1v) is 5.45. The lowest BCUT2D eigenvalue weighted by Gasteiger charge is -2.09. The van der Waals surface area contributed by atoms with Crippen molar-refractivity contribution in [1.29, 1.82) is 5.26 Å². The topological polar surface area (TPSA) is 35.8 Å². The van der Waals surface area contributed by atoms with Crippen LogP contribution in [-0.2, 0) is 0 Å². The van der Waals surface area contributed by atoms with Crippen LogP contribution in [0.4, 0.5) is 5.69 Å². The molecule has 0 aliphatic rings. The number of rotatable bonds is 4. The Morgan fingerprint density at radius 2 is 2.20 bits per heavy atom. The lowest BCUT2D eigenvalue weighted by Crippen LogP contribution is -2.05. The first kappa shape index (κ1) is 11.9. The van der Waals surface area contributed by atoms with E-state index in [2.05, 4.69) is 25.2 Å². The van der Waals surface area contributed by atoms with Crippen LogP contribution in [0.15, 0.2) is 18.2 Å². The molecule has 1 aromatic carbocycles. The van der Waals surface area contributed by atoms with Gasteiger partial charge in [0, 0.05) is 6.54 Å². The quantitative estimate of drug-likeness (QED) is 0.844. The highest BCUT2D eigenvalue weighted by Crippen LogP contribution is 2.22. The molecule has 1 aromatic rings. The minimum Gasteiger partial charge on any atom is -0.384 e. The Bertz CT molecular complexity index is 366. The summed E-state index contributed by atoms with van der Waals surface area (Å²) in [7, 11) is 0. The van der Waals surface area contributed by atoms with Crippen molar-refractivity contribution >= 4 is 17.3 Å². The van der Waals surface area contributed by atoms with Gasteiger partial charge in [0.1, 0.15) is 0 Å². The molecule has 1 rings (SSSR count). The summed E-state index contributed by atoms with van der Waals surface area (Å²) in [6.07, 6.45) is 1.11. The molecule has 0 saturated heterocycles. The first-order valence-electron chi connectivity index (χ1n) is 5.07. The minimum absolute atomic E-state index is 0.592. The maximum absolute atomic E-state index is 8.67. The highest BCUT2D eigenvalue weighted by atomic mass is 35.5. The van der Waals surface area contributed by atoms with E-state index < -0.39 is 0 Å². The molecule has 80 valence electrons. The molecule has 3 heteroatoms. The van der Waals surface area contributed by atoms with Gasteiger partial charge in [0.2, 0.25) is 0 Å². The Morgan fingerprint density at radius 1 is 1.47 bits per heavy atom. The minimum atomic E-state index is 0.592. The number of halogens is 1. The zero-order valence-electron chi connectivity index (χ0n) is 9.05. The van der Waals surface area contributed by atoms with Gasteiger partial charge in [-0.1, -0.05) is 25.4 Å². The maximum Gasteiger partial charge on any atom is 0.0992 e. The van der Waals surface area contributed by atoms with E-state index in [1.165, 1.54) is 0 Å². The van der Waals surface area contributed by atoms with Crippen LogP contribution in [0, 0.1) is 17.2 Å². The van der Waals surface area contributed by atoms with Crippen molar-refractivity contribution in [3.63, 3.8) is 0 Å². The lowest BCUT2D eigenvalue weighted by molar-refractivity contribution is 0.607. The molecule has 1 N–H and O–H groups in total. The summed E-state index contributed by atoms with van der Waals surface area (Å²) in [4.78, 5) is 0. The summed E-state index contributed by atoms with van der Waals surface area (Å²) >= 11 is 6.01. The molecule has 0 heterocycles. The Hall–Kier alpha value is -1.20. The first-order chi connectivity index (χ1) is 7.13. The van der Waals surface area contributed by atoms with E-state index in [4.69, 9.17) is 16.9 Å². The average molecular weight is 223 g/mol. The fourth-order valence-corrected chi connectivity index (χ4v) is 1.47. The standard InChI is InChI=1S/C12H15ClN2/c1-9(2)5-6-15-12-4-3-10(8-14)7-11(12)13/h3-4,7,9,15H,5-6H2,1-2H3. The van der Waals surface area contributed by atoms with E-state index in [1.54, 1.807) is 12.1 Å². The molecular formula is C12H15ClN2. The van der Waals surface area contributed by atoms with Gasteiger partial charge in [-0.3, -0.25) is 0 Å². The second-order valence-electron chi connectivity index (χ2n) is 3.92. The van der Waals surface area contributed by atoms with Gasteiger partial charge in [-0.05, 0) is 30.5 Å². The zero-order chi connectivity index (χ0) is 11.3. The van der Waals surface area contributed by atoms with Gasteiger partial charge in [0.15, 0.2) is 0 Å². The van der Waals surface area contributed by atoms with Gasteiger partial charge in [0.05, 0.1) is 22.3 Å². The van der Waals surface area contributed by atoms with Gasteiger partial charge in [-0.2, -0.15) is 5.26 Å². The van der Waals surface area contributed by atoms with Crippen LogP contribution in [-0.4, -0.2) is 6.54 Å². The van der Waals surface area contributed by atoms with Crippen LogP contribution < -0.4 is 5.32 Å². The van der Waals surface area contributed by atoms with E-state index in [9.17, 15) is 0 Å². The van der Waals surface area contributed by atoms with Crippen LogP contribution in [0.3, 0.4) is 0 Å². The van der Waals surface area contributed by atoms with Gasteiger partial charge in [-0.15, -0.1) is 0 Å². The molecule has 15 heavy (non-hydrogen) atoms. The summed E-state index contributed by atoms with van der Waals surface area (Å²) in [5.74, 6) is 0.676. The molecule has 0 bridgehead atoms.